The van der Waals surface area contributed by atoms with Crippen molar-refractivity contribution < 1.29 is 48.3 Å². The summed E-state index contributed by atoms with van der Waals surface area (Å²) in [5.74, 6) is -0.721. The molecule has 0 radical (unpaired) electrons. The molecule has 1 fully saturated rings. The minimum atomic E-state index is -0.650. The molecule has 2 amide bonds. The number of nitro groups is 1. The molecule has 3 unspecified atom stereocenters. The molecule has 1 aliphatic heterocycles. The van der Waals surface area contributed by atoms with E-state index < -0.39 is 17.5 Å². The lowest BCUT2D eigenvalue weighted by molar-refractivity contribution is -0.838. The van der Waals surface area contributed by atoms with E-state index in [1.54, 1.807) is 24.3 Å². The van der Waals surface area contributed by atoms with Gasteiger partial charge in [0.05, 0.1) is 49.6 Å². The second-order valence-electron chi connectivity index (χ2n) is 12.1. The Morgan fingerprint density at radius 1 is 1.00 bits per heavy atom. The van der Waals surface area contributed by atoms with E-state index in [0.29, 0.717) is 53.8 Å². The number of non-ortho nitro benzene ring substituents is 1. The van der Waals surface area contributed by atoms with Gasteiger partial charge in [0.2, 0.25) is 7.34 Å². The number of hydrogen-bond acceptors (Lipinski definition) is 15. The molecule has 0 spiro atoms. The predicted molar refractivity (Wildman–Crippen MR) is 196 cm³/mol. The number of ether oxygens (including phenoxy) is 4. The molecule has 4 rings (SSSR count). The van der Waals surface area contributed by atoms with Crippen molar-refractivity contribution in [2.45, 2.75) is 25.8 Å². The van der Waals surface area contributed by atoms with Crippen LogP contribution in [0, 0.1) is 16.0 Å². The lowest BCUT2D eigenvalue weighted by Gasteiger charge is -2.28. The van der Waals surface area contributed by atoms with Gasteiger partial charge in [0.1, 0.15) is 55.3 Å². The molecule has 3 atom stereocenters. The maximum absolute atomic E-state index is 13.7. The molecule has 3 N–H and O–H groups in total. The van der Waals surface area contributed by atoms with Crippen LogP contribution >= 0.6 is 0 Å². The third-order valence-corrected chi connectivity index (χ3v) is 8.76. The van der Waals surface area contributed by atoms with Crippen LogP contribution in [0.25, 0.3) is 0 Å². The van der Waals surface area contributed by atoms with E-state index in [9.17, 15) is 24.5 Å². The first-order valence-corrected chi connectivity index (χ1v) is 17.2. The van der Waals surface area contributed by atoms with Crippen molar-refractivity contribution in [3.63, 3.8) is 0 Å². The van der Waals surface area contributed by atoms with Gasteiger partial charge in [-0.3, -0.25) is 19.8 Å². The van der Waals surface area contributed by atoms with E-state index in [2.05, 4.69) is 30.9 Å². The molecule has 3 aromatic carbocycles. The fraction of sp³-hybridized carbons (Fsp3) is 0.417. The predicted octanol–water partition coefficient (Wildman–Crippen LogP) is 3.76. The van der Waals surface area contributed by atoms with Crippen molar-refractivity contribution >= 4 is 51.9 Å². The third-order valence-electron chi connectivity index (χ3n) is 8.76. The summed E-state index contributed by atoms with van der Waals surface area (Å²) in [6.45, 7) is 2.52. The molecule has 0 bridgehead atoms. The maximum Gasteiger partial charge on any atom is 0.332 e. The van der Waals surface area contributed by atoms with Crippen LogP contribution in [0.4, 0.5) is 34.1 Å². The largest absolute Gasteiger partial charge is 0.494 e. The highest BCUT2D eigenvalue weighted by Crippen LogP contribution is 2.41. The number of aliphatic hydroxyl groups is 1. The Bertz CT molecular complexity index is 1830. The zero-order chi connectivity index (χ0) is 39.7. The normalized spacial score (nSPS) is 16.2. The number of hydrogen-bond donors (Lipinski definition) is 3. The minimum Gasteiger partial charge on any atom is -0.494 e. The summed E-state index contributed by atoms with van der Waals surface area (Å²) in [4.78, 5) is 50.3. The fourth-order valence-corrected chi connectivity index (χ4v) is 5.84. The van der Waals surface area contributed by atoms with Gasteiger partial charge in [0, 0.05) is 56.4 Å². The highest BCUT2D eigenvalue weighted by molar-refractivity contribution is 5.77. The SMILES string of the molecule is [2H]OCC(COC(=O)COCC(=O)NC)C1CCC[NH+]1C(=O)CN(CC)c1ccc(N=Nc2cc(OC)c(N=Nc3ccc([N+](=O)[O-])cc3)cc2OC)cc1. The monoisotopic (exact) mass is 750 g/mol. The fourth-order valence-electron chi connectivity index (χ4n) is 5.84. The van der Waals surface area contributed by atoms with Crippen LogP contribution in [0.5, 0.6) is 11.5 Å². The van der Waals surface area contributed by atoms with Gasteiger partial charge < -0.3 is 34.3 Å². The summed E-state index contributed by atoms with van der Waals surface area (Å²) >= 11 is 0. The number of azo groups is 2. The Labute approximate surface area is 313 Å². The number of nitrogens with zero attached hydrogens (tertiary/aromatic N) is 6. The number of esters is 1. The van der Waals surface area contributed by atoms with Crippen LogP contribution in [-0.2, 0) is 23.9 Å². The molecule has 1 saturated heterocycles. The average molecular weight is 751 g/mol. The first kappa shape index (κ1) is 39.4. The van der Waals surface area contributed by atoms with Gasteiger partial charge in [0.25, 0.3) is 5.69 Å². The number of quaternary nitrogens is 1. The summed E-state index contributed by atoms with van der Waals surface area (Å²) in [5, 5.41) is 35.1. The third kappa shape index (κ3) is 11.3. The number of nitro benzene ring substituents is 1. The molecule has 0 aliphatic carbocycles. The van der Waals surface area contributed by atoms with Gasteiger partial charge in [0.15, 0.2) is 0 Å². The number of nitrogens with one attached hydrogen (secondary N) is 2. The second kappa shape index (κ2) is 20.4. The number of anilines is 1. The minimum absolute atomic E-state index is 0.0143. The first-order valence-electron chi connectivity index (χ1n) is 17.6. The molecule has 18 nitrogen and oxygen atoms in total. The molecule has 1 aliphatic rings. The smallest absolute Gasteiger partial charge is 0.332 e. The van der Waals surface area contributed by atoms with Gasteiger partial charge in [-0.2, -0.15) is 10.2 Å². The van der Waals surface area contributed by atoms with Crippen LogP contribution < -0.4 is 24.6 Å². The zero-order valence-corrected chi connectivity index (χ0v) is 30.6. The molecule has 1 heterocycles. The Hall–Kier alpha value is -5.85. The van der Waals surface area contributed by atoms with Crippen LogP contribution in [0.3, 0.4) is 0 Å². The lowest BCUT2D eigenvalue weighted by atomic mass is 9.99. The average Bonchev–Trinajstić information content (AvgIpc) is 3.70. The van der Waals surface area contributed by atoms with E-state index in [-0.39, 0.29) is 55.8 Å². The van der Waals surface area contributed by atoms with Crippen molar-refractivity contribution in [3.05, 3.63) is 70.8 Å². The molecule has 288 valence electrons. The van der Waals surface area contributed by atoms with E-state index in [1.807, 2.05) is 24.0 Å². The molecule has 0 aromatic heterocycles. The standard InChI is InChI=1S/C36H44N8O10/c1-5-42(19-35(47)43-16-6-7-31(43)24(20-45)21-54-36(48)23-53-22-34(46)37-2)27-12-8-25(9-13-27)38-40-29-17-33(52-4)30(18-32(29)51-3)41-39-26-10-14-28(15-11-26)44(49)50/h8-15,17-18,24,31,45H,5-7,16,19-23H2,1-4H3,(H,37,46)/p+1/i45D. The Morgan fingerprint density at radius 2 is 1.61 bits per heavy atom. The Morgan fingerprint density at radius 3 is 2.15 bits per heavy atom. The van der Waals surface area contributed by atoms with Crippen molar-refractivity contribution in [2.24, 2.45) is 26.4 Å². The van der Waals surface area contributed by atoms with E-state index >= 15 is 0 Å². The molecule has 18 heteroatoms. The number of likely N-dealkylation sites (N-methyl/N-ethyl adjacent to an activating group) is 2. The van der Waals surface area contributed by atoms with Gasteiger partial charge >= 0.3 is 11.9 Å². The van der Waals surface area contributed by atoms with E-state index in [0.717, 1.165) is 17.0 Å². The summed E-state index contributed by atoms with van der Waals surface area (Å²) in [6.07, 6.45) is 1.50. The summed E-state index contributed by atoms with van der Waals surface area (Å²) < 4.78 is 28.7. The molecule has 0 saturated carbocycles. The second-order valence-corrected chi connectivity index (χ2v) is 12.1. The number of rotatable bonds is 20. The summed E-state index contributed by atoms with van der Waals surface area (Å²) in [6, 6.07) is 15.9. The molecule has 3 aromatic rings. The topological polar surface area (TPSA) is 221 Å². The van der Waals surface area contributed by atoms with Gasteiger partial charge in [-0.1, -0.05) is 0 Å². The number of amides is 2. The van der Waals surface area contributed by atoms with E-state index in [4.69, 9.17) is 20.4 Å². The van der Waals surface area contributed by atoms with Crippen molar-refractivity contribution in [3.8, 4) is 11.5 Å². The highest BCUT2D eigenvalue weighted by Gasteiger charge is 2.40. The summed E-state index contributed by atoms with van der Waals surface area (Å²) in [5.41, 5.74) is 2.44. The first-order chi connectivity index (χ1) is 26.6. The number of likely N-dealkylation sites (tertiary alicyclic amines) is 1. The Balaban J connectivity index is 1.39. The van der Waals surface area contributed by atoms with Crippen molar-refractivity contribution in [2.75, 3.05) is 72.2 Å². The van der Waals surface area contributed by atoms with Crippen LogP contribution in [0.1, 0.15) is 19.8 Å². The lowest BCUT2D eigenvalue weighted by Crippen LogP contribution is -3.17. The quantitative estimate of drug-likeness (QED) is 0.0653. The molecular weight excluding hydrogens is 704 g/mol. The van der Waals surface area contributed by atoms with Gasteiger partial charge in [-0.05, 0) is 43.3 Å². The highest BCUT2D eigenvalue weighted by atomic mass is 16.6. The number of carbonyl (C=O) groups excluding carboxylic acids is 3. The number of benzene rings is 3. The van der Waals surface area contributed by atoms with Crippen molar-refractivity contribution in [1.82, 2.24) is 5.32 Å². The number of methoxy groups -OCH3 is 2. The van der Waals surface area contributed by atoms with Crippen LogP contribution in [-0.4, -0.2) is 103 Å². The summed E-state index contributed by atoms with van der Waals surface area (Å²) in [7, 11) is 4.41. The van der Waals surface area contributed by atoms with Gasteiger partial charge in [-0.25, -0.2) is 9.59 Å². The Kier molecular flexibility index (Phi) is 14.9. The number of aliphatic hydroxyl groups excluding tert-OH is 1. The zero-order valence-electron chi connectivity index (χ0n) is 31.6. The van der Waals surface area contributed by atoms with Gasteiger partial charge in [-0.15, -0.1) is 10.2 Å². The maximum atomic E-state index is 13.7. The molecular formula is C36H45N8O10+. The van der Waals surface area contributed by atoms with Crippen LogP contribution in [0.2, 0.25) is 0 Å². The van der Waals surface area contributed by atoms with Crippen molar-refractivity contribution in [1.29, 1.82) is 1.43 Å². The molecule has 54 heavy (non-hydrogen) atoms. The number of carbonyl (C=O) groups is 3. The van der Waals surface area contributed by atoms with E-state index in [1.165, 1.54) is 45.5 Å². The van der Waals surface area contributed by atoms with Crippen LogP contribution in [0.15, 0.2) is 81.1 Å².